The molecule has 0 radical (unpaired) electrons. The molecule has 0 aromatic carbocycles. The van der Waals surface area contributed by atoms with E-state index in [1.165, 1.54) is 44.2 Å². The van der Waals surface area contributed by atoms with Gasteiger partial charge in [-0.2, -0.15) is 13.2 Å². The van der Waals surface area contributed by atoms with E-state index in [2.05, 4.69) is 42.9 Å². The van der Waals surface area contributed by atoms with Gasteiger partial charge in [-0.15, -0.1) is 0 Å². The molecule has 0 aliphatic rings. The van der Waals surface area contributed by atoms with E-state index in [0.717, 1.165) is 0 Å². The number of halogens is 3. The van der Waals surface area contributed by atoms with Crippen molar-refractivity contribution in [2.75, 3.05) is 0 Å². The van der Waals surface area contributed by atoms with Crippen LogP contribution in [0.1, 0.15) is 45.1 Å². The van der Waals surface area contributed by atoms with E-state index >= 15 is 0 Å². The standard InChI is InChI=1S/C13H22N.CHF3O3S/c1-3-5-6-10-14-11-8-13(7-4-2)9-12-14;2-1(3,4)8(5,6)7/h8-9,11-12H,3-7,10H2,1-2H3;(H,5,6,7)/q+1;/p-1. The van der Waals surface area contributed by atoms with E-state index in [9.17, 15) is 13.2 Å². The maximum atomic E-state index is 10.7. The molecule has 0 bridgehead atoms. The van der Waals surface area contributed by atoms with Gasteiger partial charge in [0.05, 0.1) is 0 Å². The molecular formula is C14H22F3NO3S. The van der Waals surface area contributed by atoms with Crippen LogP contribution in [-0.4, -0.2) is 18.5 Å². The molecule has 0 N–H and O–H groups in total. The fourth-order valence-corrected chi connectivity index (χ4v) is 1.64. The van der Waals surface area contributed by atoms with Crippen molar-refractivity contribution < 1.29 is 30.7 Å². The second-order valence-corrected chi connectivity index (χ2v) is 6.17. The Morgan fingerprint density at radius 2 is 1.59 bits per heavy atom. The van der Waals surface area contributed by atoms with Crippen LogP contribution in [0, 0.1) is 0 Å². The van der Waals surface area contributed by atoms with Crippen molar-refractivity contribution in [3.8, 4) is 0 Å². The summed E-state index contributed by atoms with van der Waals surface area (Å²) in [4.78, 5) is 0. The Hall–Kier alpha value is -1.15. The molecule has 8 heteroatoms. The molecule has 0 amide bonds. The van der Waals surface area contributed by atoms with Crippen molar-refractivity contribution in [3.05, 3.63) is 30.1 Å². The first-order chi connectivity index (χ1) is 10.1. The summed E-state index contributed by atoms with van der Waals surface area (Å²) in [7, 11) is -6.09. The van der Waals surface area contributed by atoms with Gasteiger partial charge in [-0.05, 0) is 18.4 Å². The van der Waals surface area contributed by atoms with E-state index in [0.29, 0.717) is 0 Å². The third-order valence-corrected chi connectivity index (χ3v) is 3.37. The molecule has 22 heavy (non-hydrogen) atoms. The molecule has 1 aromatic rings. The molecular weight excluding hydrogens is 319 g/mol. The number of rotatable bonds is 6. The van der Waals surface area contributed by atoms with Gasteiger partial charge in [0, 0.05) is 18.6 Å². The van der Waals surface area contributed by atoms with Crippen LogP contribution in [0.25, 0.3) is 0 Å². The van der Waals surface area contributed by atoms with Crippen molar-refractivity contribution in [1.29, 1.82) is 0 Å². The van der Waals surface area contributed by atoms with Crippen LogP contribution in [-0.2, 0) is 23.1 Å². The van der Waals surface area contributed by atoms with Gasteiger partial charge < -0.3 is 4.55 Å². The molecule has 0 unspecified atom stereocenters. The summed E-state index contributed by atoms with van der Waals surface area (Å²) in [5, 5.41) is 0. The van der Waals surface area contributed by atoms with E-state index in [4.69, 9.17) is 13.0 Å². The number of hydrogen-bond acceptors (Lipinski definition) is 3. The van der Waals surface area contributed by atoms with E-state index in [1.807, 2.05) is 0 Å². The lowest BCUT2D eigenvalue weighted by atomic mass is 10.1. The molecule has 1 rings (SSSR count). The highest BCUT2D eigenvalue weighted by Gasteiger charge is 2.36. The summed E-state index contributed by atoms with van der Waals surface area (Å²) in [6.45, 7) is 5.64. The summed E-state index contributed by atoms with van der Waals surface area (Å²) >= 11 is 0. The molecule has 1 heterocycles. The van der Waals surface area contributed by atoms with Gasteiger partial charge in [0.2, 0.25) is 0 Å². The molecule has 0 aliphatic heterocycles. The summed E-state index contributed by atoms with van der Waals surface area (Å²) in [5.41, 5.74) is -4.19. The highest BCUT2D eigenvalue weighted by atomic mass is 32.2. The summed E-state index contributed by atoms with van der Waals surface area (Å²) in [5.74, 6) is 0. The molecule has 1 aromatic heterocycles. The number of aryl methyl sites for hydroxylation is 2. The van der Waals surface area contributed by atoms with Gasteiger partial charge >= 0.3 is 5.51 Å². The minimum atomic E-state index is -6.09. The Labute approximate surface area is 129 Å². The van der Waals surface area contributed by atoms with Crippen LogP contribution in [0.5, 0.6) is 0 Å². The minimum Gasteiger partial charge on any atom is -0.741 e. The van der Waals surface area contributed by atoms with Crippen LogP contribution in [0.2, 0.25) is 0 Å². The Morgan fingerprint density at radius 1 is 1.09 bits per heavy atom. The number of pyridine rings is 1. The van der Waals surface area contributed by atoms with Gasteiger partial charge in [-0.1, -0.05) is 26.7 Å². The van der Waals surface area contributed by atoms with Crippen molar-refractivity contribution >= 4 is 10.1 Å². The lowest BCUT2D eigenvalue weighted by molar-refractivity contribution is -0.697. The van der Waals surface area contributed by atoms with Gasteiger partial charge in [-0.25, -0.2) is 13.0 Å². The molecule has 0 aliphatic carbocycles. The maximum absolute atomic E-state index is 10.7. The van der Waals surface area contributed by atoms with Crippen LogP contribution < -0.4 is 4.57 Å². The summed E-state index contributed by atoms with van der Waals surface area (Å²) in [6.07, 6.45) is 10.8. The normalized spacial score (nSPS) is 11.7. The first kappa shape index (κ1) is 20.9. The molecule has 0 fully saturated rings. The Morgan fingerprint density at radius 3 is 1.95 bits per heavy atom. The highest BCUT2D eigenvalue weighted by Crippen LogP contribution is 2.20. The lowest BCUT2D eigenvalue weighted by Gasteiger charge is -2.08. The van der Waals surface area contributed by atoms with E-state index < -0.39 is 15.6 Å². The Bertz CT molecular complexity index is 513. The zero-order valence-electron chi connectivity index (χ0n) is 12.8. The third-order valence-electron chi connectivity index (χ3n) is 2.80. The zero-order chi connectivity index (χ0) is 17.2. The second kappa shape index (κ2) is 9.78. The molecule has 128 valence electrons. The van der Waals surface area contributed by atoms with E-state index in [1.54, 1.807) is 0 Å². The van der Waals surface area contributed by atoms with Gasteiger partial charge in [0.25, 0.3) is 0 Å². The van der Waals surface area contributed by atoms with Gasteiger partial charge in [0.15, 0.2) is 22.5 Å². The fraction of sp³-hybridized carbons (Fsp3) is 0.643. The number of alkyl halides is 3. The van der Waals surface area contributed by atoms with Gasteiger partial charge in [0.1, 0.15) is 6.54 Å². The maximum Gasteiger partial charge on any atom is 0.485 e. The first-order valence-electron chi connectivity index (χ1n) is 7.12. The predicted molar refractivity (Wildman–Crippen MR) is 75.9 cm³/mol. The molecule has 4 nitrogen and oxygen atoms in total. The number of hydrogen-bond donors (Lipinski definition) is 0. The van der Waals surface area contributed by atoms with Crippen molar-refractivity contribution in [2.24, 2.45) is 0 Å². The number of unbranched alkanes of at least 4 members (excludes halogenated alkanes) is 2. The molecule has 0 saturated carbocycles. The third kappa shape index (κ3) is 8.99. The van der Waals surface area contributed by atoms with Crippen LogP contribution in [0.15, 0.2) is 24.5 Å². The monoisotopic (exact) mass is 341 g/mol. The first-order valence-corrected chi connectivity index (χ1v) is 8.52. The predicted octanol–water partition coefficient (Wildman–Crippen LogP) is 3.17. The SMILES string of the molecule is CCCCC[n+]1ccc(CCC)cc1.O=S(=O)([O-])C(F)(F)F. The van der Waals surface area contributed by atoms with Gasteiger partial charge in [-0.3, -0.25) is 0 Å². The largest absolute Gasteiger partial charge is 0.741 e. The zero-order valence-corrected chi connectivity index (χ0v) is 13.6. The Kier molecular flexibility index (Phi) is 9.27. The lowest BCUT2D eigenvalue weighted by Crippen LogP contribution is -2.32. The fourth-order valence-electron chi connectivity index (χ4n) is 1.64. The Balaban J connectivity index is 0.000000472. The number of nitrogens with zero attached hydrogens (tertiary/aromatic N) is 1. The average Bonchev–Trinajstić information content (AvgIpc) is 2.40. The van der Waals surface area contributed by atoms with Crippen molar-refractivity contribution in [2.45, 2.75) is 58.0 Å². The van der Waals surface area contributed by atoms with E-state index in [-0.39, 0.29) is 0 Å². The van der Waals surface area contributed by atoms with Crippen LogP contribution >= 0.6 is 0 Å². The minimum absolute atomic E-state index is 1.17. The topological polar surface area (TPSA) is 61.1 Å². The molecule has 0 atom stereocenters. The average molecular weight is 341 g/mol. The summed E-state index contributed by atoms with van der Waals surface area (Å²) in [6, 6.07) is 4.49. The second-order valence-electron chi connectivity index (χ2n) is 4.80. The molecule has 0 spiro atoms. The van der Waals surface area contributed by atoms with Crippen molar-refractivity contribution in [1.82, 2.24) is 0 Å². The van der Waals surface area contributed by atoms with Crippen molar-refractivity contribution in [3.63, 3.8) is 0 Å². The van der Waals surface area contributed by atoms with Crippen LogP contribution in [0.4, 0.5) is 13.2 Å². The number of aromatic nitrogens is 1. The smallest absolute Gasteiger partial charge is 0.485 e. The summed E-state index contributed by atoms with van der Waals surface area (Å²) < 4.78 is 61.2. The molecule has 0 saturated heterocycles. The van der Waals surface area contributed by atoms with Crippen LogP contribution in [0.3, 0.4) is 0 Å². The highest BCUT2D eigenvalue weighted by molar-refractivity contribution is 7.86. The quantitative estimate of drug-likeness (QED) is 0.346.